The number of hydrogen-bond acceptors (Lipinski definition) is 2. The highest BCUT2D eigenvalue weighted by atomic mass is 35.5. The molecule has 3 nitrogen and oxygen atoms in total. The minimum atomic E-state index is -0.0884. The van der Waals surface area contributed by atoms with E-state index < -0.39 is 0 Å². The topological polar surface area (TPSA) is 29.5 Å². The van der Waals surface area contributed by atoms with E-state index in [0.29, 0.717) is 6.54 Å². The van der Waals surface area contributed by atoms with E-state index in [-0.39, 0.29) is 17.9 Å². The number of carbonyl (C=O) groups excluding carboxylic acids is 1. The highest BCUT2D eigenvalue weighted by Crippen LogP contribution is 2.26. The van der Waals surface area contributed by atoms with Gasteiger partial charge in [0.1, 0.15) is 5.88 Å². The molecule has 106 valence electrons. The molecule has 0 saturated heterocycles. The quantitative estimate of drug-likeness (QED) is 0.751. The van der Waals surface area contributed by atoms with Crippen LogP contribution in [0.15, 0.2) is 18.2 Å². The fraction of sp³-hybridized carbons (Fsp3) is 0.533. The first kappa shape index (κ1) is 16.0. The van der Waals surface area contributed by atoms with Gasteiger partial charge >= 0.3 is 0 Å². The normalized spacial score (nSPS) is 12.3. The smallest absolute Gasteiger partial charge is 0.242 e. The first-order valence-electron chi connectivity index (χ1n) is 6.52. The number of nitrogens with zero attached hydrogens (tertiary/aromatic N) is 1. The monoisotopic (exact) mass is 283 g/mol. The minimum absolute atomic E-state index is 0.0199. The second-order valence-corrected chi connectivity index (χ2v) is 4.89. The summed E-state index contributed by atoms with van der Waals surface area (Å²) in [5, 5.41) is 0. The number of alkyl halides is 1. The molecule has 0 N–H and O–H groups in total. The van der Waals surface area contributed by atoms with Crippen molar-refractivity contribution >= 4 is 23.2 Å². The maximum Gasteiger partial charge on any atom is 0.242 e. The second kappa shape index (κ2) is 7.51. The van der Waals surface area contributed by atoms with Gasteiger partial charge in [0.05, 0.1) is 12.6 Å². The summed E-state index contributed by atoms with van der Waals surface area (Å²) in [6.07, 6.45) is 0.848. The lowest BCUT2D eigenvalue weighted by molar-refractivity contribution is -0.116. The molecule has 0 aromatic heterocycles. The zero-order valence-corrected chi connectivity index (χ0v) is 12.8. The van der Waals surface area contributed by atoms with Crippen LogP contribution < -0.4 is 4.90 Å². The van der Waals surface area contributed by atoms with E-state index in [1.165, 1.54) is 0 Å². The molecular weight excluding hydrogens is 262 g/mol. The van der Waals surface area contributed by atoms with Crippen molar-refractivity contribution in [3.05, 3.63) is 29.3 Å². The lowest BCUT2D eigenvalue weighted by Gasteiger charge is -2.28. The summed E-state index contributed by atoms with van der Waals surface area (Å²) in [7, 11) is 1.65. The maximum atomic E-state index is 12.1. The van der Waals surface area contributed by atoms with Gasteiger partial charge in [0.2, 0.25) is 5.91 Å². The predicted molar refractivity (Wildman–Crippen MR) is 80.1 cm³/mol. The summed E-state index contributed by atoms with van der Waals surface area (Å²) in [6.45, 7) is 6.56. The molecule has 0 aliphatic heterocycles. The van der Waals surface area contributed by atoms with Crippen LogP contribution in [0.5, 0.6) is 0 Å². The predicted octanol–water partition coefficient (Wildman–Crippen LogP) is 3.16. The lowest BCUT2D eigenvalue weighted by atomic mass is 10.0. The second-order valence-electron chi connectivity index (χ2n) is 4.62. The summed E-state index contributed by atoms with van der Waals surface area (Å²) in [5.74, 6) is -0.108. The van der Waals surface area contributed by atoms with Crippen LogP contribution in [-0.4, -0.2) is 31.5 Å². The number of halogens is 1. The largest absolute Gasteiger partial charge is 0.380 e. The van der Waals surface area contributed by atoms with E-state index in [2.05, 4.69) is 6.92 Å². The Balaban J connectivity index is 3.20. The third-order valence-corrected chi connectivity index (χ3v) is 3.46. The number of benzene rings is 1. The van der Waals surface area contributed by atoms with Gasteiger partial charge in [-0.15, -0.1) is 11.6 Å². The molecule has 0 saturated carbocycles. The molecule has 1 aromatic rings. The van der Waals surface area contributed by atoms with Crippen molar-refractivity contribution in [2.75, 3.05) is 24.4 Å². The van der Waals surface area contributed by atoms with Crippen molar-refractivity contribution in [1.82, 2.24) is 0 Å². The van der Waals surface area contributed by atoms with Crippen molar-refractivity contribution in [1.29, 1.82) is 0 Å². The number of methoxy groups -OCH3 is 1. The molecule has 4 heteroatoms. The van der Waals surface area contributed by atoms with Gasteiger partial charge in [-0.1, -0.05) is 25.1 Å². The van der Waals surface area contributed by atoms with Crippen LogP contribution in [0.1, 0.15) is 25.0 Å². The van der Waals surface area contributed by atoms with E-state index in [4.69, 9.17) is 16.3 Å². The number of para-hydroxylation sites is 1. The summed E-state index contributed by atoms with van der Waals surface area (Å²) in [5.41, 5.74) is 3.21. The Labute approximate surface area is 120 Å². The third kappa shape index (κ3) is 3.95. The highest BCUT2D eigenvalue weighted by molar-refractivity contribution is 6.29. The van der Waals surface area contributed by atoms with Crippen LogP contribution in [0.2, 0.25) is 0 Å². The SMILES string of the molecule is CCc1cccc(C)c1N(C[C@@H](C)OC)C(=O)CCl. The summed E-state index contributed by atoms with van der Waals surface area (Å²) in [4.78, 5) is 13.9. The van der Waals surface area contributed by atoms with Crippen LogP contribution in [0, 0.1) is 6.92 Å². The number of anilines is 1. The van der Waals surface area contributed by atoms with Gasteiger partial charge < -0.3 is 9.64 Å². The van der Waals surface area contributed by atoms with Gasteiger partial charge in [-0.2, -0.15) is 0 Å². The average molecular weight is 284 g/mol. The van der Waals surface area contributed by atoms with Gasteiger partial charge in [-0.05, 0) is 31.4 Å². The van der Waals surface area contributed by atoms with Gasteiger partial charge in [0.15, 0.2) is 0 Å². The Kier molecular flexibility index (Phi) is 6.32. The van der Waals surface area contributed by atoms with Crippen LogP contribution in [-0.2, 0) is 16.0 Å². The number of ether oxygens (including phenoxy) is 1. The fourth-order valence-electron chi connectivity index (χ4n) is 2.11. The average Bonchev–Trinajstić information content (AvgIpc) is 2.43. The van der Waals surface area contributed by atoms with Gasteiger partial charge in [-0.3, -0.25) is 4.79 Å². The number of amides is 1. The molecule has 0 bridgehead atoms. The fourth-order valence-corrected chi connectivity index (χ4v) is 2.26. The first-order chi connectivity index (χ1) is 9.04. The molecule has 0 aliphatic carbocycles. The van der Waals surface area contributed by atoms with E-state index in [9.17, 15) is 4.79 Å². The Morgan fingerprint density at radius 3 is 2.68 bits per heavy atom. The highest BCUT2D eigenvalue weighted by Gasteiger charge is 2.21. The van der Waals surface area contributed by atoms with E-state index in [0.717, 1.165) is 23.2 Å². The third-order valence-electron chi connectivity index (χ3n) is 3.23. The summed E-state index contributed by atoms with van der Waals surface area (Å²) < 4.78 is 5.27. The van der Waals surface area contributed by atoms with Crippen molar-refractivity contribution in [2.24, 2.45) is 0 Å². The van der Waals surface area contributed by atoms with E-state index in [1.54, 1.807) is 12.0 Å². The number of hydrogen-bond donors (Lipinski definition) is 0. The molecule has 0 radical (unpaired) electrons. The molecule has 1 aromatic carbocycles. The zero-order valence-electron chi connectivity index (χ0n) is 12.1. The Morgan fingerprint density at radius 2 is 2.16 bits per heavy atom. The molecule has 1 rings (SSSR count). The molecule has 19 heavy (non-hydrogen) atoms. The number of aryl methyl sites for hydroxylation is 2. The molecule has 0 heterocycles. The Hall–Kier alpha value is -1.06. The molecule has 0 fully saturated rings. The first-order valence-corrected chi connectivity index (χ1v) is 7.06. The van der Waals surface area contributed by atoms with Crippen LogP contribution in [0.25, 0.3) is 0 Å². The molecular formula is C15H22ClNO2. The Bertz CT molecular complexity index is 434. The standard InChI is InChI=1S/C15H22ClNO2/c1-5-13-8-6-7-11(2)15(13)17(14(18)9-16)10-12(3)19-4/h6-8,12H,5,9-10H2,1-4H3/t12-/m1/s1. The number of rotatable bonds is 6. The van der Waals surface area contributed by atoms with Crippen molar-refractivity contribution in [3.63, 3.8) is 0 Å². The van der Waals surface area contributed by atoms with E-state index >= 15 is 0 Å². The van der Waals surface area contributed by atoms with Crippen molar-refractivity contribution in [3.8, 4) is 0 Å². The lowest BCUT2D eigenvalue weighted by Crippen LogP contribution is -2.39. The van der Waals surface area contributed by atoms with Gasteiger partial charge in [-0.25, -0.2) is 0 Å². The minimum Gasteiger partial charge on any atom is -0.380 e. The maximum absolute atomic E-state index is 12.1. The molecule has 1 amide bonds. The zero-order chi connectivity index (χ0) is 14.4. The number of carbonyl (C=O) groups is 1. The van der Waals surface area contributed by atoms with Gasteiger partial charge in [0.25, 0.3) is 0 Å². The summed E-state index contributed by atoms with van der Waals surface area (Å²) >= 11 is 5.74. The van der Waals surface area contributed by atoms with Crippen molar-refractivity contribution < 1.29 is 9.53 Å². The summed E-state index contributed by atoms with van der Waals surface area (Å²) in [6, 6.07) is 6.08. The van der Waals surface area contributed by atoms with Crippen molar-refractivity contribution in [2.45, 2.75) is 33.3 Å². The van der Waals surface area contributed by atoms with E-state index in [1.807, 2.05) is 32.0 Å². The molecule has 0 spiro atoms. The van der Waals surface area contributed by atoms with Gasteiger partial charge in [0, 0.05) is 12.8 Å². The Morgan fingerprint density at radius 1 is 1.47 bits per heavy atom. The van der Waals surface area contributed by atoms with Crippen LogP contribution >= 0.6 is 11.6 Å². The molecule has 1 atom stereocenters. The molecule has 0 aliphatic rings. The van der Waals surface area contributed by atoms with Crippen LogP contribution in [0.3, 0.4) is 0 Å². The van der Waals surface area contributed by atoms with Crippen LogP contribution in [0.4, 0.5) is 5.69 Å². The molecule has 0 unspecified atom stereocenters.